The molecule has 3 rings (SSSR count). The number of carbonyl (C=O) groups is 1. The monoisotopic (exact) mass is 475 g/mol. The highest BCUT2D eigenvalue weighted by Crippen LogP contribution is 2.27. The van der Waals surface area contributed by atoms with E-state index in [9.17, 15) is 18.8 Å². The number of nitrogens with zero attached hydrogens (tertiary/aromatic N) is 4. The Labute approximate surface area is 196 Å². The lowest BCUT2D eigenvalue weighted by molar-refractivity contribution is 0.122. The molecule has 12 heteroatoms. The summed E-state index contributed by atoms with van der Waals surface area (Å²) in [5.74, 6) is -1.26. The maximum atomic E-state index is 14.7. The van der Waals surface area contributed by atoms with Crippen molar-refractivity contribution < 1.29 is 23.4 Å². The van der Waals surface area contributed by atoms with E-state index in [2.05, 4.69) is 25.9 Å². The molecule has 1 fully saturated rings. The number of nitrogens with one attached hydrogen (secondary N) is 3. The Bertz CT molecular complexity index is 1060. The molecule has 3 heterocycles. The van der Waals surface area contributed by atoms with E-state index in [4.69, 9.17) is 9.84 Å². The Balaban J connectivity index is 1.84. The number of ether oxygens (including phenoxy) is 1. The van der Waals surface area contributed by atoms with Gasteiger partial charge in [0.25, 0.3) is 0 Å². The fraction of sp³-hybridized carbons (Fsp3) is 0.455. The summed E-state index contributed by atoms with van der Waals surface area (Å²) in [7, 11) is 0. The molecule has 2 atom stereocenters. The first-order chi connectivity index (χ1) is 16.3. The van der Waals surface area contributed by atoms with Gasteiger partial charge >= 0.3 is 6.09 Å². The number of halogens is 2. The molecule has 0 aromatic carbocycles. The molecule has 2 aromatic rings. The fourth-order valence-electron chi connectivity index (χ4n) is 3.64. The third kappa shape index (κ3) is 6.20. The number of morpholine rings is 1. The Hall–Kier alpha value is -3.72. The fourth-order valence-corrected chi connectivity index (χ4v) is 3.64. The van der Waals surface area contributed by atoms with E-state index in [-0.39, 0.29) is 28.7 Å². The van der Waals surface area contributed by atoms with Crippen LogP contribution in [0.1, 0.15) is 32.3 Å². The number of anilines is 4. The lowest BCUT2D eigenvalue weighted by Gasteiger charge is -2.28. The van der Waals surface area contributed by atoms with Crippen molar-refractivity contribution in [1.82, 2.24) is 15.3 Å². The molecule has 4 N–H and O–H groups in total. The number of carboxylic acid groups (broad SMARTS) is 1. The van der Waals surface area contributed by atoms with Crippen LogP contribution in [0.15, 0.2) is 18.3 Å². The minimum Gasteiger partial charge on any atom is -0.465 e. The number of pyridine rings is 2. The number of amides is 1. The standard InChI is InChI=1S/C22H27F2N7O3/c1-3-4-18(13(2)27-22(32)33)29-20-16(23)9-14(11-25)19(30-20)28-15-10-17(24)21(26-12-15)31-5-7-34-8-6-31/h9-10,12-13,18,27H,3-8H2,1-2H3,(H,32,33)(H2,28,29,30)/t13-,18-/m0/s1. The highest BCUT2D eigenvalue weighted by molar-refractivity contribution is 5.66. The van der Waals surface area contributed by atoms with Gasteiger partial charge in [-0.3, -0.25) is 0 Å². The van der Waals surface area contributed by atoms with Crippen LogP contribution >= 0.6 is 0 Å². The number of hydrogen-bond donors (Lipinski definition) is 4. The Kier molecular flexibility index (Phi) is 8.37. The van der Waals surface area contributed by atoms with Gasteiger partial charge in [-0.05, 0) is 19.4 Å². The largest absolute Gasteiger partial charge is 0.465 e. The SMILES string of the molecule is CCC[C@H](Nc1nc(Nc2cnc(N3CCOCC3)c(F)c2)c(C#N)cc1F)[C@H](C)NC(=O)O. The first-order valence-corrected chi connectivity index (χ1v) is 10.9. The number of rotatable bonds is 9. The maximum Gasteiger partial charge on any atom is 0.404 e. The first kappa shape index (κ1) is 24.9. The van der Waals surface area contributed by atoms with Crippen molar-refractivity contribution in [2.24, 2.45) is 0 Å². The molecule has 0 radical (unpaired) electrons. The molecule has 0 saturated carbocycles. The molecular formula is C22H27F2N7O3. The third-order valence-electron chi connectivity index (χ3n) is 5.37. The minimum absolute atomic E-state index is 0.0146. The van der Waals surface area contributed by atoms with Gasteiger partial charge in [0.1, 0.15) is 6.07 Å². The van der Waals surface area contributed by atoms with E-state index in [0.717, 1.165) is 6.07 Å². The van der Waals surface area contributed by atoms with E-state index in [1.165, 1.54) is 12.3 Å². The second-order valence-corrected chi connectivity index (χ2v) is 7.86. The first-order valence-electron chi connectivity index (χ1n) is 10.9. The third-order valence-corrected chi connectivity index (χ3v) is 5.37. The van der Waals surface area contributed by atoms with Gasteiger partial charge in [-0.25, -0.2) is 23.5 Å². The Morgan fingerprint density at radius 1 is 1.29 bits per heavy atom. The summed E-state index contributed by atoms with van der Waals surface area (Å²) in [4.78, 5) is 21.2. The van der Waals surface area contributed by atoms with Crippen molar-refractivity contribution >= 4 is 29.2 Å². The van der Waals surface area contributed by atoms with Crippen LogP contribution in [0.4, 0.5) is 36.7 Å². The summed E-state index contributed by atoms with van der Waals surface area (Å²) in [6.45, 7) is 5.60. The smallest absolute Gasteiger partial charge is 0.404 e. The van der Waals surface area contributed by atoms with Gasteiger partial charge in [0.05, 0.1) is 30.7 Å². The molecule has 0 spiro atoms. The van der Waals surface area contributed by atoms with Crippen molar-refractivity contribution in [1.29, 1.82) is 5.26 Å². The topological polar surface area (TPSA) is 135 Å². The molecule has 1 amide bonds. The average Bonchev–Trinajstić information content (AvgIpc) is 2.80. The van der Waals surface area contributed by atoms with Crippen molar-refractivity contribution in [2.45, 2.75) is 38.8 Å². The molecule has 0 unspecified atom stereocenters. The Morgan fingerprint density at radius 2 is 2.03 bits per heavy atom. The van der Waals surface area contributed by atoms with Crippen LogP contribution in [0, 0.1) is 23.0 Å². The van der Waals surface area contributed by atoms with E-state index in [1.54, 1.807) is 11.8 Å². The van der Waals surface area contributed by atoms with Gasteiger partial charge in [-0.15, -0.1) is 0 Å². The van der Waals surface area contributed by atoms with Crippen molar-refractivity contribution in [3.05, 3.63) is 35.5 Å². The van der Waals surface area contributed by atoms with Crippen LogP contribution in [0.3, 0.4) is 0 Å². The van der Waals surface area contributed by atoms with Crippen molar-refractivity contribution in [2.75, 3.05) is 41.8 Å². The summed E-state index contributed by atoms with van der Waals surface area (Å²) in [5.41, 5.74) is 0.159. The lowest BCUT2D eigenvalue weighted by atomic mass is 10.0. The van der Waals surface area contributed by atoms with Crippen LogP contribution in [0.5, 0.6) is 0 Å². The number of hydrogen-bond acceptors (Lipinski definition) is 8. The zero-order valence-corrected chi connectivity index (χ0v) is 18.9. The van der Waals surface area contributed by atoms with Gasteiger partial charge in [-0.1, -0.05) is 13.3 Å². The number of aromatic nitrogens is 2. The predicted molar refractivity (Wildman–Crippen MR) is 122 cm³/mol. The van der Waals surface area contributed by atoms with E-state index in [1.807, 2.05) is 13.0 Å². The highest BCUT2D eigenvalue weighted by atomic mass is 19.1. The molecular weight excluding hydrogens is 448 g/mol. The molecule has 34 heavy (non-hydrogen) atoms. The van der Waals surface area contributed by atoms with Gasteiger partial charge in [0.15, 0.2) is 29.1 Å². The second kappa shape index (κ2) is 11.4. The molecule has 0 bridgehead atoms. The van der Waals surface area contributed by atoms with Crippen LogP contribution in [-0.4, -0.2) is 59.6 Å². The normalized spacial score (nSPS) is 15.2. The zero-order valence-electron chi connectivity index (χ0n) is 18.9. The number of nitriles is 1. The van der Waals surface area contributed by atoms with Crippen LogP contribution < -0.4 is 20.9 Å². The maximum absolute atomic E-state index is 14.7. The predicted octanol–water partition coefficient (Wildman–Crippen LogP) is 3.44. The minimum atomic E-state index is -1.19. The second-order valence-electron chi connectivity index (χ2n) is 7.86. The molecule has 0 aliphatic carbocycles. The quantitative estimate of drug-likeness (QED) is 0.430. The van der Waals surface area contributed by atoms with Crippen LogP contribution in [0.25, 0.3) is 0 Å². The summed E-state index contributed by atoms with van der Waals surface area (Å²) in [6.07, 6.45) is 1.48. The van der Waals surface area contributed by atoms with Gasteiger partial charge in [0, 0.05) is 31.2 Å². The van der Waals surface area contributed by atoms with Gasteiger partial charge in [-0.2, -0.15) is 5.26 Å². The van der Waals surface area contributed by atoms with Crippen LogP contribution in [-0.2, 0) is 4.74 Å². The lowest BCUT2D eigenvalue weighted by Crippen LogP contribution is -2.44. The van der Waals surface area contributed by atoms with E-state index < -0.39 is 29.8 Å². The average molecular weight is 476 g/mol. The zero-order chi connectivity index (χ0) is 24.7. The molecule has 2 aromatic heterocycles. The molecule has 1 saturated heterocycles. The molecule has 182 valence electrons. The van der Waals surface area contributed by atoms with Crippen molar-refractivity contribution in [3.63, 3.8) is 0 Å². The van der Waals surface area contributed by atoms with Crippen LogP contribution in [0.2, 0.25) is 0 Å². The summed E-state index contributed by atoms with van der Waals surface area (Å²) < 4.78 is 34.7. The van der Waals surface area contributed by atoms with Gasteiger partial charge in [0.2, 0.25) is 0 Å². The summed E-state index contributed by atoms with van der Waals surface area (Å²) in [6, 6.07) is 3.14. The molecule has 1 aliphatic heterocycles. The highest BCUT2D eigenvalue weighted by Gasteiger charge is 2.22. The summed E-state index contributed by atoms with van der Waals surface area (Å²) >= 11 is 0. The van der Waals surface area contributed by atoms with E-state index in [0.29, 0.717) is 39.1 Å². The van der Waals surface area contributed by atoms with E-state index >= 15 is 0 Å². The Morgan fingerprint density at radius 3 is 2.65 bits per heavy atom. The van der Waals surface area contributed by atoms with Gasteiger partial charge < -0.3 is 30.7 Å². The molecule has 1 aliphatic rings. The van der Waals surface area contributed by atoms with Crippen molar-refractivity contribution in [3.8, 4) is 6.07 Å². The molecule has 10 nitrogen and oxygen atoms in total. The summed E-state index contributed by atoms with van der Waals surface area (Å²) in [5, 5.41) is 26.6.